The maximum atomic E-state index is 9.87. The van der Waals surface area contributed by atoms with Gasteiger partial charge in [-0.2, -0.15) is 20.7 Å². The summed E-state index contributed by atoms with van der Waals surface area (Å²) in [6.07, 6.45) is 10.7. The lowest BCUT2D eigenvalue weighted by atomic mass is 9.86. The monoisotopic (exact) mass is 642 g/mol. The highest BCUT2D eigenvalue weighted by atomic mass is 15.3. The van der Waals surface area contributed by atoms with Crippen LogP contribution in [0.2, 0.25) is 0 Å². The third-order valence-electron chi connectivity index (χ3n) is 9.40. The van der Waals surface area contributed by atoms with Gasteiger partial charge in [0.25, 0.3) is 0 Å². The van der Waals surface area contributed by atoms with Gasteiger partial charge in [0.15, 0.2) is 0 Å². The molecular weight excluding hydrogens is 601 g/mol. The van der Waals surface area contributed by atoms with Crippen molar-refractivity contribution in [1.82, 2.24) is 19.6 Å². The van der Waals surface area contributed by atoms with E-state index >= 15 is 0 Å². The molecule has 0 amide bonds. The normalized spacial score (nSPS) is 11.3. The zero-order chi connectivity index (χ0) is 34.4. The molecule has 0 radical (unpaired) electrons. The van der Waals surface area contributed by atoms with Crippen LogP contribution in [0.25, 0.3) is 33.6 Å². The standard InChI is InChI=1S/C43H42N6/c1-5-7-9-31-11-15-33(16-12-31)39-27-37(21-19-35(39)29-44)48-25-23-41(46-48)43(3,4)42-24-26-49(47-42)38-22-20-36(30-45)40(28-38)34-17-13-32(14-18-34)10-8-6-2/h11-28H,5-10H2,1-4H3. The second-order valence-corrected chi connectivity index (χ2v) is 13.2. The van der Waals surface area contributed by atoms with Crippen molar-refractivity contribution >= 4 is 0 Å². The Hall–Kier alpha value is -5.72. The maximum Gasteiger partial charge on any atom is 0.0998 e. The summed E-state index contributed by atoms with van der Waals surface area (Å²) >= 11 is 0. The molecule has 6 heteroatoms. The molecule has 0 saturated heterocycles. The van der Waals surface area contributed by atoms with Crippen LogP contribution in [0.3, 0.4) is 0 Å². The summed E-state index contributed by atoms with van der Waals surface area (Å²) in [5, 5.41) is 29.7. The molecule has 0 saturated carbocycles. The summed E-state index contributed by atoms with van der Waals surface area (Å²) in [4.78, 5) is 0. The number of hydrogen-bond acceptors (Lipinski definition) is 4. The van der Waals surface area contributed by atoms with Gasteiger partial charge in [-0.3, -0.25) is 0 Å². The second-order valence-electron chi connectivity index (χ2n) is 13.2. The molecule has 0 unspecified atom stereocenters. The summed E-state index contributed by atoms with van der Waals surface area (Å²) < 4.78 is 3.74. The van der Waals surface area contributed by atoms with E-state index in [0.29, 0.717) is 11.1 Å². The first-order valence-electron chi connectivity index (χ1n) is 17.2. The fraction of sp³-hybridized carbons (Fsp3) is 0.256. The molecule has 2 aromatic heterocycles. The van der Waals surface area contributed by atoms with E-state index in [1.54, 1.807) is 0 Å². The number of unbranched alkanes of at least 4 members (excludes halogenated alkanes) is 2. The van der Waals surface area contributed by atoms with Gasteiger partial charge < -0.3 is 0 Å². The Morgan fingerprint density at radius 3 is 1.35 bits per heavy atom. The second kappa shape index (κ2) is 14.6. The molecule has 6 nitrogen and oxygen atoms in total. The first-order chi connectivity index (χ1) is 23.8. The molecular formula is C43H42N6. The van der Waals surface area contributed by atoms with Gasteiger partial charge in [0, 0.05) is 23.5 Å². The summed E-state index contributed by atoms with van der Waals surface area (Å²) in [6, 6.07) is 37.6. The molecule has 0 N–H and O–H groups in total. The van der Waals surface area contributed by atoms with Crippen molar-refractivity contribution in [1.29, 1.82) is 10.5 Å². The van der Waals surface area contributed by atoms with E-state index in [-0.39, 0.29) is 0 Å². The Bertz CT molecular complexity index is 1980. The number of nitriles is 2. The number of benzene rings is 4. The quantitative estimate of drug-likeness (QED) is 0.133. The van der Waals surface area contributed by atoms with E-state index in [2.05, 4.69) is 88.4 Å². The van der Waals surface area contributed by atoms with E-state index in [1.165, 1.54) is 36.8 Å². The van der Waals surface area contributed by atoms with Crippen molar-refractivity contribution in [2.45, 2.75) is 71.6 Å². The number of aryl methyl sites for hydroxylation is 2. The van der Waals surface area contributed by atoms with Crippen molar-refractivity contribution < 1.29 is 0 Å². The zero-order valence-corrected chi connectivity index (χ0v) is 28.8. The third-order valence-corrected chi connectivity index (χ3v) is 9.40. The zero-order valence-electron chi connectivity index (χ0n) is 28.8. The average Bonchev–Trinajstić information content (AvgIpc) is 3.86. The van der Waals surface area contributed by atoms with E-state index in [9.17, 15) is 10.5 Å². The van der Waals surface area contributed by atoms with Crippen molar-refractivity contribution in [3.05, 3.63) is 143 Å². The van der Waals surface area contributed by atoms with E-state index in [0.717, 1.165) is 57.9 Å². The van der Waals surface area contributed by atoms with Crippen molar-refractivity contribution in [3.8, 4) is 45.8 Å². The van der Waals surface area contributed by atoms with Crippen LogP contribution in [0.5, 0.6) is 0 Å². The molecule has 0 spiro atoms. The predicted octanol–water partition coefficient (Wildman–Crippen LogP) is 10.1. The molecule has 0 aliphatic heterocycles. The first-order valence-corrected chi connectivity index (χ1v) is 17.2. The number of nitrogens with zero attached hydrogens (tertiary/aromatic N) is 6. The van der Waals surface area contributed by atoms with Crippen LogP contribution >= 0.6 is 0 Å². The summed E-state index contributed by atoms with van der Waals surface area (Å²) in [5.74, 6) is 0. The Kier molecular flexibility index (Phi) is 9.88. The highest BCUT2D eigenvalue weighted by Crippen LogP contribution is 2.32. The fourth-order valence-electron chi connectivity index (χ4n) is 6.22. The molecule has 0 fully saturated rings. The Morgan fingerprint density at radius 1 is 0.571 bits per heavy atom. The van der Waals surface area contributed by atoms with Gasteiger partial charge in [-0.25, -0.2) is 9.36 Å². The van der Waals surface area contributed by atoms with E-state index in [4.69, 9.17) is 10.2 Å². The Balaban J connectivity index is 1.25. The van der Waals surface area contributed by atoms with Crippen molar-refractivity contribution in [2.24, 2.45) is 0 Å². The van der Waals surface area contributed by atoms with E-state index in [1.807, 2.05) is 70.3 Å². The smallest absolute Gasteiger partial charge is 0.0998 e. The molecule has 6 aromatic rings. The van der Waals surface area contributed by atoms with Gasteiger partial charge in [-0.05, 0) is 110 Å². The van der Waals surface area contributed by atoms with Gasteiger partial charge >= 0.3 is 0 Å². The van der Waals surface area contributed by atoms with Crippen LogP contribution in [-0.2, 0) is 18.3 Å². The molecule has 0 bridgehead atoms. The van der Waals surface area contributed by atoms with E-state index < -0.39 is 5.41 Å². The highest BCUT2D eigenvalue weighted by molar-refractivity contribution is 5.74. The average molecular weight is 643 g/mol. The van der Waals surface area contributed by atoms with Crippen LogP contribution in [-0.4, -0.2) is 19.6 Å². The lowest BCUT2D eigenvalue weighted by molar-refractivity contribution is 0.576. The van der Waals surface area contributed by atoms with Gasteiger partial charge in [0.05, 0.1) is 51.4 Å². The number of rotatable bonds is 12. The molecule has 4 aromatic carbocycles. The summed E-state index contributed by atoms with van der Waals surface area (Å²) in [6.45, 7) is 8.66. The molecule has 0 aliphatic rings. The highest BCUT2D eigenvalue weighted by Gasteiger charge is 2.29. The predicted molar refractivity (Wildman–Crippen MR) is 197 cm³/mol. The Morgan fingerprint density at radius 2 is 0.980 bits per heavy atom. The van der Waals surface area contributed by atoms with Gasteiger partial charge in [-0.15, -0.1) is 0 Å². The first kappa shape index (κ1) is 33.2. The molecule has 2 heterocycles. The summed E-state index contributed by atoms with van der Waals surface area (Å²) in [7, 11) is 0. The topological polar surface area (TPSA) is 83.2 Å². The lowest BCUT2D eigenvalue weighted by Gasteiger charge is -2.20. The fourth-order valence-corrected chi connectivity index (χ4v) is 6.22. The maximum absolute atomic E-state index is 9.87. The minimum atomic E-state index is -0.482. The number of aromatic nitrogens is 4. The SMILES string of the molecule is CCCCc1ccc(-c2cc(-n3ccc(C(C)(C)c4ccn(-c5ccc(C#N)c(-c6ccc(CCCC)cc6)c5)n4)n3)ccc2C#N)cc1. The van der Waals surface area contributed by atoms with Gasteiger partial charge in [-0.1, -0.05) is 75.2 Å². The molecule has 0 aliphatic carbocycles. The molecule has 49 heavy (non-hydrogen) atoms. The lowest BCUT2D eigenvalue weighted by Crippen LogP contribution is -2.21. The Labute approximate surface area is 289 Å². The number of hydrogen-bond donors (Lipinski definition) is 0. The largest absolute Gasteiger partial charge is 0.241 e. The van der Waals surface area contributed by atoms with Crippen LogP contribution in [0.15, 0.2) is 109 Å². The molecule has 0 atom stereocenters. The van der Waals surface area contributed by atoms with Crippen molar-refractivity contribution in [2.75, 3.05) is 0 Å². The van der Waals surface area contributed by atoms with Crippen molar-refractivity contribution in [3.63, 3.8) is 0 Å². The third kappa shape index (κ3) is 7.10. The van der Waals surface area contributed by atoms with Gasteiger partial charge in [0.2, 0.25) is 0 Å². The van der Waals surface area contributed by atoms with Crippen LogP contribution in [0, 0.1) is 22.7 Å². The molecule has 6 rings (SSSR count). The molecule has 244 valence electrons. The minimum Gasteiger partial charge on any atom is -0.241 e. The van der Waals surface area contributed by atoms with Crippen LogP contribution in [0.1, 0.15) is 87.0 Å². The summed E-state index contributed by atoms with van der Waals surface area (Å²) in [5.41, 5.74) is 10.8. The van der Waals surface area contributed by atoms with Gasteiger partial charge in [0.1, 0.15) is 0 Å². The van der Waals surface area contributed by atoms with Crippen LogP contribution < -0.4 is 0 Å². The van der Waals surface area contributed by atoms with Crippen LogP contribution in [0.4, 0.5) is 0 Å². The minimum absolute atomic E-state index is 0.482.